The molecule has 0 unspecified atom stereocenters. The molecule has 1 aliphatic heterocycles. The number of carboxylic acids is 1. The average molecular weight is 465 g/mol. The van der Waals surface area contributed by atoms with Crippen molar-refractivity contribution in [3.05, 3.63) is 82.7 Å². The van der Waals surface area contributed by atoms with Crippen LogP contribution in [0.15, 0.2) is 64.4 Å². The first-order valence-corrected chi connectivity index (χ1v) is 12.5. The van der Waals surface area contributed by atoms with Gasteiger partial charge in [-0.15, -0.1) is 0 Å². The number of carbonyl (C=O) groups is 2. The number of carboxylic acid groups (broad SMARTS) is 1. The van der Waals surface area contributed by atoms with Crippen molar-refractivity contribution >= 4 is 21.7 Å². The molecule has 1 amide bonds. The maximum atomic E-state index is 13.4. The number of hydrogen-bond donors (Lipinski definition) is 2. The van der Waals surface area contributed by atoms with Gasteiger partial charge in [-0.3, -0.25) is 9.59 Å². The van der Waals surface area contributed by atoms with Crippen LogP contribution in [0.4, 0.5) is 0 Å². The third-order valence-corrected chi connectivity index (χ3v) is 8.20. The second kappa shape index (κ2) is 8.19. The fraction of sp³-hybridized carbons (Fsp3) is 0.280. The van der Waals surface area contributed by atoms with Crippen LogP contribution < -0.4 is 5.32 Å². The molecular formula is C25H24N2O5S. The van der Waals surface area contributed by atoms with Crippen molar-refractivity contribution in [1.29, 1.82) is 0 Å². The van der Waals surface area contributed by atoms with Crippen molar-refractivity contribution < 1.29 is 23.1 Å². The summed E-state index contributed by atoms with van der Waals surface area (Å²) in [5, 5.41) is 12.4. The molecule has 0 bridgehead atoms. The van der Waals surface area contributed by atoms with Crippen LogP contribution in [0.3, 0.4) is 0 Å². The SMILES string of the molecule is O=C(O)Cn1c2c(c(Cc3ccccc3S(=O)(=O)c3ccccc3)c1C1CC1)C(=O)NCC2. The predicted molar refractivity (Wildman–Crippen MR) is 121 cm³/mol. The van der Waals surface area contributed by atoms with Crippen LogP contribution in [-0.4, -0.2) is 36.5 Å². The number of benzene rings is 2. The van der Waals surface area contributed by atoms with Gasteiger partial charge in [0.2, 0.25) is 9.84 Å². The molecule has 0 atom stereocenters. The van der Waals surface area contributed by atoms with E-state index in [9.17, 15) is 23.1 Å². The average Bonchev–Trinajstić information content (AvgIpc) is 3.59. The summed E-state index contributed by atoms with van der Waals surface area (Å²) in [7, 11) is -3.76. The summed E-state index contributed by atoms with van der Waals surface area (Å²) in [4.78, 5) is 25.0. The molecule has 7 nitrogen and oxygen atoms in total. The van der Waals surface area contributed by atoms with Gasteiger partial charge in [0.05, 0.1) is 15.4 Å². The summed E-state index contributed by atoms with van der Waals surface area (Å²) in [6.45, 7) is 0.253. The Morgan fingerprint density at radius 3 is 2.45 bits per heavy atom. The quantitative estimate of drug-likeness (QED) is 0.559. The molecule has 33 heavy (non-hydrogen) atoms. The van der Waals surface area contributed by atoms with E-state index in [1.165, 1.54) is 0 Å². The van der Waals surface area contributed by atoms with Crippen molar-refractivity contribution in [2.75, 3.05) is 6.54 Å². The zero-order valence-corrected chi connectivity index (χ0v) is 18.8. The third-order valence-electron chi connectivity index (χ3n) is 6.33. The van der Waals surface area contributed by atoms with E-state index in [1.54, 1.807) is 59.2 Å². The molecular weight excluding hydrogens is 440 g/mol. The minimum atomic E-state index is -3.76. The van der Waals surface area contributed by atoms with Gasteiger partial charge in [0.1, 0.15) is 6.54 Å². The first-order chi connectivity index (χ1) is 15.9. The van der Waals surface area contributed by atoms with E-state index in [4.69, 9.17) is 0 Å². The highest BCUT2D eigenvalue weighted by atomic mass is 32.2. The Balaban J connectivity index is 1.67. The van der Waals surface area contributed by atoms with Gasteiger partial charge in [0.25, 0.3) is 5.91 Å². The molecule has 2 heterocycles. The summed E-state index contributed by atoms with van der Waals surface area (Å²) in [6.07, 6.45) is 2.66. The van der Waals surface area contributed by atoms with Crippen molar-refractivity contribution in [1.82, 2.24) is 9.88 Å². The summed E-state index contributed by atoms with van der Waals surface area (Å²) >= 11 is 0. The lowest BCUT2D eigenvalue weighted by atomic mass is 9.96. The Morgan fingerprint density at radius 2 is 1.76 bits per heavy atom. The largest absolute Gasteiger partial charge is 0.480 e. The van der Waals surface area contributed by atoms with E-state index < -0.39 is 15.8 Å². The lowest BCUT2D eigenvalue weighted by Crippen LogP contribution is -2.33. The van der Waals surface area contributed by atoms with Crippen LogP contribution in [0.1, 0.15) is 51.6 Å². The monoisotopic (exact) mass is 464 g/mol. The van der Waals surface area contributed by atoms with Gasteiger partial charge < -0.3 is 15.0 Å². The van der Waals surface area contributed by atoms with Crippen molar-refractivity contribution in [3.63, 3.8) is 0 Å². The smallest absolute Gasteiger partial charge is 0.323 e. The lowest BCUT2D eigenvalue weighted by molar-refractivity contribution is -0.137. The fourth-order valence-corrected chi connectivity index (χ4v) is 6.32. The van der Waals surface area contributed by atoms with Crippen LogP contribution in [0.25, 0.3) is 0 Å². The summed E-state index contributed by atoms with van der Waals surface area (Å²) in [5.74, 6) is -0.990. The fourth-order valence-electron chi connectivity index (χ4n) is 4.80. The standard InChI is InChI=1S/C25H24N2O5S/c28-22(29)15-27-20-12-13-26-25(30)23(20)19(24(27)16-10-11-16)14-17-6-4-5-9-21(17)33(31,32)18-7-2-1-3-8-18/h1-9,16H,10-15H2,(H,26,30)(H,28,29). The highest BCUT2D eigenvalue weighted by molar-refractivity contribution is 7.91. The van der Waals surface area contributed by atoms with Crippen LogP contribution in [0, 0.1) is 0 Å². The molecule has 8 heteroatoms. The number of rotatable bonds is 7. The van der Waals surface area contributed by atoms with Crippen molar-refractivity contribution in [3.8, 4) is 0 Å². The number of aliphatic carboxylic acids is 1. The molecule has 170 valence electrons. The van der Waals surface area contributed by atoms with Crippen molar-refractivity contribution in [2.45, 2.75) is 47.9 Å². The number of fused-ring (bicyclic) bond motifs is 1. The Bertz CT molecular complexity index is 1350. The molecule has 5 rings (SSSR count). The first kappa shape index (κ1) is 21.5. The van der Waals surface area contributed by atoms with Crippen LogP contribution in [-0.2, 0) is 34.0 Å². The highest BCUT2D eigenvalue weighted by Crippen LogP contribution is 2.45. The van der Waals surface area contributed by atoms with Gasteiger partial charge >= 0.3 is 5.97 Å². The second-order valence-electron chi connectivity index (χ2n) is 8.55. The van der Waals surface area contributed by atoms with Gasteiger partial charge in [-0.1, -0.05) is 36.4 Å². The Hall–Kier alpha value is -3.39. The molecule has 1 aliphatic carbocycles. The first-order valence-electron chi connectivity index (χ1n) is 11.0. The summed E-state index contributed by atoms with van der Waals surface area (Å²) in [6, 6.07) is 15.1. The molecule has 0 spiro atoms. The van der Waals surface area contributed by atoms with Gasteiger partial charge in [-0.2, -0.15) is 0 Å². The molecule has 2 N–H and O–H groups in total. The molecule has 0 saturated heterocycles. The third kappa shape index (κ3) is 3.84. The number of sulfone groups is 1. The van der Waals surface area contributed by atoms with E-state index in [2.05, 4.69) is 5.32 Å². The van der Waals surface area contributed by atoms with Crippen molar-refractivity contribution in [2.24, 2.45) is 0 Å². The highest BCUT2D eigenvalue weighted by Gasteiger charge is 2.37. The minimum Gasteiger partial charge on any atom is -0.480 e. The molecule has 1 aromatic heterocycles. The predicted octanol–water partition coefficient (Wildman–Crippen LogP) is 3.16. The summed E-state index contributed by atoms with van der Waals surface area (Å²) in [5.41, 5.74) is 3.46. The normalized spacial score (nSPS) is 15.7. The lowest BCUT2D eigenvalue weighted by Gasteiger charge is -2.16. The Labute approximate surface area is 192 Å². The van der Waals surface area contributed by atoms with Gasteiger partial charge in [0.15, 0.2) is 0 Å². The van der Waals surface area contributed by atoms with Gasteiger partial charge in [0, 0.05) is 30.8 Å². The molecule has 0 radical (unpaired) electrons. The number of nitrogens with zero attached hydrogens (tertiary/aromatic N) is 1. The second-order valence-corrected chi connectivity index (χ2v) is 10.5. The zero-order chi connectivity index (χ0) is 23.2. The molecule has 1 saturated carbocycles. The zero-order valence-electron chi connectivity index (χ0n) is 18.0. The molecule has 3 aromatic rings. The van der Waals surface area contributed by atoms with E-state index in [1.807, 2.05) is 0 Å². The van der Waals surface area contributed by atoms with Gasteiger partial charge in [-0.05, 0) is 48.1 Å². The van der Waals surface area contributed by atoms with E-state index in [0.717, 1.165) is 29.8 Å². The van der Waals surface area contributed by atoms with Gasteiger partial charge in [-0.25, -0.2) is 8.42 Å². The maximum absolute atomic E-state index is 13.4. The maximum Gasteiger partial charge on any atom is 0.323 e. The Kier molecular flexibility index (Phi) is 5.32. The van der Waals surface area contributed by atoms with E-state index >= 15 is 0 Å². The van der Waals surface area contributed by atoms with Crippen LogP contribution >= 0.6 is 0 Å². The molecule has 2 aromatic carbocycles. The number of amides is 1. The minimum absolute atomic E-state index is 0.190. The number of carbonyl (C=O) groups excluding carboxylic acids is 1. The number of nitrogens with one attached hydrogen (secondary N) is 1. The molecule has 2 aliphatic rings. The van der Waals surface area contributed by atoms with E-state index in [-0.39, 0.29) is 34.6 Å². The summed E-state index contributed by atoms with van der Waals surface area (Å²) < 4.78 is 28.6. The Morgan fingerprint density at radius 1 is 1.06 bits per heavy atom. The van der Waals surface area contributed by atoms with E-state index in [0.29, 0.717) is 24.1 Å². The topological polar surface area (TPSA) is 105 Å². The van der Waals surface area contributed by atoms with Crippen LogP contribution in [0.5, 0.6) is 0 Å². The number of aromatic nitrogens is 1. The van der Waals surface area contributed by atoms with Crippen LogP contribution in [0.2, 0.25) is 0 Å². The number of hydrogen-bond acceptors (Lipinski definition) is 4. The molecule has 1 fully saturated rings.